The largest absolute Gasteiger partial charge is 0.394 e. The highest BCUT2D eigenvalue weighted by atomic mass is 32.2. The molecule has 18 heavy (non-hydrogen) atoms. The van der Waals surface area contributed by atoms with Crippen molar-refractivity contribution in [2.75, 3.05) is 29.4 Å². The molecule has 0 spiro atoms. The minimum atomic E-state index is -3.48. The fourth-order valence-corrected chi connectivity index (χ4v) is 1.82. The predicted octanol–water partition coefficient (Wildman–Crippen LogP) is -0.0377. The minimum absolute atomic E-state index is 0.0294. The molecule has 0 amide bonds. The van der Waals surface area contributed by atoms with Gasteiger partial charge in [0.05, 0.1) is 30.3 Å². The van der Waals surface area contributed by atoms with Crippen LogP contribution in [0.25, 0.3) is 0 Å². The molecule has 0 radical (unpaired) electrons. The summed E-state index contributed by atoms with van der Waals surface area (Å²) >= 11 is 0. The van der Waals surface area contributed by atoms with E-state index in [1.54, 1.807) is 0 Å². The topological polar surface area (TPSA) is 98.7 Å². The molecule has 0 fully saturated rings. The van der Waals surface area contributed by atoms with Gasteiger partial charge < -0.3 is 15.5 Å². The number of benzene rings is 1. The zero-order valence-electron chi connectivity index (χ0n) is 9.72. The number of halogens is 1. The Morgan fingerprint density at radius 1 is 1.39 bits per heavy atom. The average Bonchev–Trinajstić information content (AvgIpc) is 2.27. The van der Waals surface area contributed by atoms with Gasteiger partial charge in [-0.1, -0.05) is 0 Å². The molecule has 0 aromatic heterocycles. The number of rotatable bonds is 6. The van der Waals surface area contributed by atoms with Crippen LogP contribution in [0.1, 0.15) is 0 Å². The molecule has 1 rings (SSSR count). The molecule has 0 aliphatic carbocycles. The quantitative estimate of drug-likeness (QED) is 0.585. The number of sulfonamides is 1. The van der Waals surface area contributed by atoms with Gasteiger partial charge >= 0.3 is 0 Å². The van der Waals surface area contributed by atoms with Gasteiger partial charge in [-0.05, 0) is 18.2 Å². The summed E-state index contributed by atoms with van der Waals surface area (Å²) in [6, 6.07) is 3.48. The summed E-state index contributed by atoms with van der Waals surface area (Å²) in [4.78, 5) is 0. The fourth-order valence-electron chi connectivity index (χ4n) is 1.24. The van der Waals surface area contributed by atoms with Gasteiger partial charge in [-0.2, -0.15) is 0 Å². The third kappa shape index (κ3) is 4.86. The number of aliphatic hydroxyl groups is 2. The molecule has 0 aliphatic heterocycles. The maximum atomic E-state index is 13.1. The Kier molecular flexibility index (Phi) is 4.88. The van der Waals surface area contributed by atoms with E-state index >= 15 is 0 Å². The first kappa shape index (κ1) is 14.7. The lowest BCUT2D eigenvalue weighted by Gasteiger charge is -2.14. The van der Waals surface area contributed by atoms with Crippen LogP contribution in [-0.4, -0.2) is 44.1 Å². The molecule has 1 aromatic carbocycles. The summed E-state index contributed by atoms with van der Waals surface area (Å²) in [6.07, 6.45) is -0.0396. The first-order valence-corrected chi connectivity index (χ1v) is 7.01. The summed E-state index contributed by atoms with van der Waals surface area (Å²) in [7, 11) is -3.48. The third-order valence-corrected chi connectivity index (χ3v) is 2.61. The Hall–Kier alpha value is -1.38. The van der Waals surface area contributed by atoms with Crippen LogP contribution in [0.3, 0.4) is 0 Å². The van der Waals surface area contributed by atoms with Crippen molar-refractivity contribution in [1.82, 2.24) is 0 Å². The SMILES string of the molecule is CS(=O)(=O)Nc1ccc(F)cc1NCC(O)CO. The smallest absolute Gasteiger partial charge is 0.229 e. The third-order valence-electron chi connectivity index (χ3n) is 2.02. The van der Waals surface area contributed by atoms with Gasteiger partial charge in [0.25, 0.3) is 0 Å². The normalized spacial score (nSPS) is 13.1. The molecular formula is C10H15FN2O4S. The summed E-state index contributed by atoms with van der Waals surface area (Å²) in [5.74, 6) is -0.546. The predicted molar refractivity (Wildman–Crippen MR) is 66.4 cm³/mol. The Morgan fingerprint density at radius 2 is 2.06 bits per heavy atom. The Bertz CT molecular complexity index is 507. The first-order valence-electron chi connectivity index (χ1n) is 5.12. The van der Waals surface area contributed by atoms with Gasteiger partial charge in [0.15, 0.2) is 0 Å². The number of nitrogens with one attached hydrogen (secondary N) is 2. The summed E-state index contributed by atoms with van der Waals surface area (Å²) < 4.78 is 37.5. The van der Waals surface area contributed by atoms with Gasteiger partial charge in [-0.25, -0.2) is 12.8 Å². The molecule has 0 saturated heterocycles. The monoisotopic (exact) mass is 278 g/mol. The van der Waals surface area contributed by atoms with E-state index in [2.05, 4.69) is 10.0 Å². The first-order chi connectivity index (χ1) is 8.31. The standard InChI is InChI=1S/C10H15FN2O4S/c1-18(16,17)13-9-3-2-7(11)4-10(9)12-5-8(15)6-14/h2-4,8,12-15H,5-6H2,1H3. The van der Waals surface area contributed by atoms with Crippen LogP contribution in [0.5, 0.6) is 0 Å². The molecule has 1 atom stereocenters. The molecule has 8 heteroatoms. The number of hydrogen-bond acceptors (Lipinski definition) is 5. The summed E-state index contributed by atoms with van der Waals surface area (Å²) in [5, 5.41) is 20.5. The highest BCUT2D eigenvalue weighted by Gasteiger charge is 2.10. The Morgan fingerprint density at radius 3 is 2.61 bits per heavy atom. The van der Waals surface area contributed by atoms with Crippen LogP contribution in [0.4, 0.5) is 15.8 Å². The van der Waals surface area contributed by atoms with Crippen LogP contribution in [0, 0.1) is 5.82 Å². The zero-order valence-corrected chi connectivity index (χ0v) is 10.5. The van der Waals surface area contributed by atoms with E-state index in [9.17, 15) is 12.8 Å². The van der Waals surface area contributed by atoms with Crippen LogP contribution < -0.4 is 10.0 Å². The van der Waals surface area contributed by atoms with Crippen molar-refractivity contribution in [2.45, 2.75) is 6.10 Å². The van der Waals surface area contributed by atoms with Crippen molar-refractivity contribution >= 4 is 21.4 Å². The second-order valence-electron chi connectivity index (χ2n) is 3.78. The van der Waals surface area contributed by atoms with Crippen molar-refractivity contribution in [3.8, 4) is 0 Å². The lowest BCUT2D eigenvalue weighted by molar-refractivity contribution is 0.105. The van der Waals surface area contributed by atoms with E-state index in [-0.39, 0.29) is 17.9 Å². The maximum absolute atomic E-state index is 13.1. The molecule has 102 valence electrons. The van der Waals surface area contributed by atoms with Crippen molar-refractivity contribution in [2.24, 2.45) is 0 Å². The van der Waals surface area contributed by atoms with Gasteiger partial charge in [0.1, 0.15) is 5.82 Å². The van der Waals surface area contributed by atoms with Crippen molar-refractivity contribution in [1.29, 1.82) is 0 Å². The second kappa shape index (κ2) is 5.98. The molecule has 0 heterocycles. The van der Waals surface area contributed by atoms with Crippen molar-refractivity contribution in [3.05, 3.63) is 24.0 Å². The van der Waals surface area contributed by atoms with Gasteiger partial charge in [0.2, 0.25) is 10.0 Å². The van der Waals surface area contributed by atoms with E-state index in [0.29, 0.717) is 0 Å². The molecule has 6 nitrogen and oxygen atoms in total. The summed E-state index contributed by atoms with van der Waals surface area (Å²) in [5.41, 5.74) is 0.358. The van der Waals surface area contributed by atoms with Gasteiger partial charge in [0, 0.05) is 6.54 Å². The van der Waals surface area contributed by atoms with Crippen molar-refractivity contribution in [3.63, 3.8) is 0 Å². The number of anilines is 2. The van der Waals surface area contributed by atoms with Crippen LogP contribution >= 0.6 is 0 Å². The fraction of sp³-hybridized carbons (Fsp3) is 0.400. The zero-order chi connectivity index (χ0) is 13.8. The number of hydrogen-bond donors (Lipinski definition) is 4. The van der Waals surface area contributed by atoms with Gasteiger partial charge in [-0.3, -0.25) is 4.72 Å². The van der Waals surface area contributed by atoms with E-state index in [1.807, 2.05) is 0 Å². The lowest BCUT2D eigenvalue weighted by atomic mass is 10.2. The van der Waals surface area contributed by atoms with Crippen molar-refractivity contribution < 1.29 is 23.0 Å². The van der Waals surface area contributed by atoms with Crippen LogP contribution in [0.15, 0.2) is 18.2 Å². The molecule has 1 aromatic rings. The lowest BCUT2D eigenvalue weighted by Crippen LogP contribution is -2.23. The average molecular weight is 278 g/mol. The minimum Gasteiger partial charge on any atom is -0.394 e. The summed E-state index contributed by atoms with van der Waals surface area (Å²) in [6.45, 7) is -0.477. The Labute approximate surface area is 105 Å². The van der Waals surface area contributed by atoms with Gasteiger partial charge in [-0.15, -0.1) is 0 Å². The molecule has 4 N–H and O–H groups in total. The highest BCUT2D eigenvalue weighted by Crippen LogP contribution is 2.23. The number of aliphatic hydroxyl groups excluding tert-OH is 2. The second-order valence-corrected chi connectivity index (χ2v) is 5.53. The Balaban J connectivity index is 2.90. The maximum Gasteiger partial charge on any atom is 0.229 e. The molecule has 1 unspecified atom stereocenters. The van der Waals surface area contributed by atoms with Crippen LogP contribution in [-0.2, 0) is 10.0 Å². The van der Waals surface area contributed by atoms with E-state index in [1.165, 1.54) is 6.07 Å². The highest BCUT2D eigenvalue weighted by molar-refractivity contribution is 7.92. The molecule has 0 aliphatic rings. The molecule has 0 bridgehead atoms. The van der Waals surface area contributed by atoms with Crippen LogP contribution in [0.2, 0.25) is 0 Å². The van der Waals surface area contributed by atoms with E-state index < -0.39 is 28.6 Å². The van der Waals surface area contributed by atoms with E-state index in [0.717, 1.165) is 18.4 Å². The molecular weight excluding hydrogens is 263 g/mol. The molecule has 0 saturated carbocycles. The van der Waals surface area contributed by atoms with E-state index in [4.69, 9.17) is 10.2 Å².